The summed E-state index contributed by atoms with van der Waals surface area (Å²) < 4.78 is 17.0. The molecule has 0 radical (unpaired) electrons. The minimum atomic E-state index is -1.18. The number of piperidine rings is 1. The summed E-state index contributed by atoms with van der Waals surface area (Å²) in [4.78, 5) is 35.5. The lowest BCUT2D eigenvalue weighted by Crippen LogP contribution is -2.58. The summed E-state index contributed by atoms with van der Waals surface area (Å²) in [5.74, 6) is 0.649. The van der Waals surface area contributed by atoms with E-state index < -0.39 is 30.3 Å². The van der Waals surface area contributed by atoms with E-state index in [0.717, 1.165) is 38.9 Å². The highest BCUT2D eigenvalue weighted by molar-refractivity contribution is 6.22. The molecule has 0 bridgehead atoms. The Balaban J connectivity index is 0.961. The molecule has 0 spiro atoms. The molecule has 2 aliphatic heterocycles. The molecule has 4 N–H and O–H groups in total. The number of aliphatic hydroxyl groups is 2. The lowest BCUT2D eigenvalue weighted by molar-refractivity contribution is -0.0413. The second-order valence-electron chi connectivity index (χ2n) is 12.6. The topological polar surface area (TPSA) is 155 Å². The molecule has 12 nitrogen and oxygen atoms in total. The summed E-state index contributed by atoms with van der Waals surface area (Å²) in [5.41, 5.74) is 4.13. The van der Waals surface area contributed by atoms with Crippen LogP contribution in [0.4, 0.5) is 5.69 Å². The van der Waals surface area contributed by atoms with Crippen LogP contribution < -0.4 is 24.8 Å². The molecule has 2 amide bonds. The van der Waals surface area contributed by atoms with Gasteiger partial charge in [0.15, 0.2) is 0 Å². The Morgan fingerprint density at radius 1 is 0.898 bits per heavy atom. The third-order valence-electron chi connectivity index (χ3n) is 9.04. The standard InChI is InChI=1S/C37H41N5O7/c1-37(2,24-7-12-28(13-8-24)49-22-26-17-19-39-36(40-26)47-3)23-5-10-27(11-6-23)48-20-4-18-38-25-9-14-29-30(21-25)35(46)42(34(29)45)31-15-16-32(43)41-33(31)44/h5-14,17,19,21,31-33,38,41,43-44H,4,15-16,18,20,22H2,1-3H3. The van der Waals surface area contributed by atoms with Gasteiger partial charge in [-0.05, 0) is 78.9 Å². The quantitative estimate of drug-likeness (QED) is 0.119. The Labute approximate surface area is 285 Å². The van der Waals surface area contributed by atoms with E-state index in [-0.39, 0.29) is 5.41 Å². The highest BCUT2D eigenvalue weighted by atomic mass is 16.5. The smallest absolute Gasteiger partial charge is 0.316 e. The molecular weight excluding hydrogens is 626 g/mol. The van der Waals surface area contributed by atoms with Crippen molar-refractivity contribution in [1.29, 1.82) is 0 Å². The fourth-order valence-electron chi connectivity index (χ4n) is 6.13. The van der Waals surface area contributed by atoms with Crippen molar-refractivity contribution >= 4 is 17.5 Å². The highest BCUT2D eigenvalue weighted by Gasteiger charge is 2.44. The lowest BCUT2D eigenvalue weighted by Gasteiger charge is -2.36. The fourth-order valence-corrected chi connectivity index (χ4v) is 6.13. The maximum atomic E-state index is 13.1. The van der Waals surface area contributed by atoms with Crippen LogP contribution in [0.2, 0.25) is 0 Å². The third kappa shape index (κ3) is 7.51. The summed E-state index contributed by atoms with van der Waals surface area (Å²) in [6, 6.07) is 22.6. The van der Waals surface area contributed by atoms with Crippen molar-refractivity contribution in [3.8, 4) is 17.5 Å². The number of aliphatic hydroxyl groups excluding tert-OH is 2. The van der Waals surface area contributed by atoms with Gasteiger partial charge in [-0.2, -0.15) is 4.98 Å². The molecule has 3 heterocycles. The monoisotopic (exact) mass is 667 g/mol. The summed E-state index contributed by atoms with van der Waals surface area (Å²) in [5, 5.41) is 25.9. The normalized spacial score (nSPS) is 19.0. The van der Waals surface area contributed by atoms with Gasteiger partial charge in [0, 0.05) is 23.8 Å². The first-order valence-electron chi connectivity index (χ1n) is 16.3. The lowest BCUT2D eigenvalue weighted by atomic mass is 9.78. The number of hydrogen-bond donors (Lipinski definition) is 4. The van der Waals surface area contributed by atoms with E-state index in [9.17, 15) is 19.8 Å². The summed E-state index contributed by atoms with van der Waals surface area (Å²) in [6.07, 6.45) is 0.963. The number of methoxy groups -OCH3 is 1. The zero-order valence-corrected chi connectivity index (χ0v) is 27.8. The van der Waals surface area contributed by atoms with E-state index in [0.29, 0.717) is 56.2 Å². The summed E-state index contributed by atoms with van der Waals surface area (Å²) in [6.45, 7) is 5.77. The van der Waals surface area contributed by atoms with Gasteiger partial charge >= 0.3 is 6.01 Å². The van der Waals surface area contributed by atoms with Gasteiger partial charge in [-0.1, -0.05) is 38.1 Å². The molecule has 1 fully saturated rings. The summed E-state index contributed by atoms with van der Waals surface area (Å²) in [7, 11) is 1.53. The van der Waals surface area contributed by atoms with Crippen molar-refractivity contribution in [1.82, 2.24) is 20.2 Å². The zero-order chi connectivity index (χ0) is 34.5. The number of imide groups is 1. The van der Waals surface area contributed by atoms with Gasteiger partial charge in [0.1, 0.15) is 30.6 Å². The molecule has 12 heteroatoms. The number of aromatic nitrogens is 2. The molecule has 49 heavy (non-hydrogen) atoms. The first-order chi connectivity index (χ1) is 23.6. The Bertz CT molecular complexity index is 1780. The van der Waals surface area contributed by atoms with Crippen molar-refractivity contribution < 1.29 is 34.0 Å². The molecule has 4 aromatic rings. The molecule has 0 aliphatic carbocycles. The number of carbonyl (C=O) groups is 2. The Morgan fingerprint density at radius 3 is 2.24 bits per heavy atom. The van der Waals surface area contributed by atoms with Crippen LogP contribution in [0.3, 0.4) is 0 Å². The van der Waals surface area contributed by atoms with Crippen LogP contribution in [-0.4, -0.2) is 75.7 Å². The van der Waals surface area contributed by atoms with Crippen molar-refractivity contribution in [3.05, 3.63) is 107 Å². The number of fused-ring (bicyclic) bond motifs is 1. The van der Waals surface area contributed by atoms with Crippen LogP contribution in [0, 0.1) is 0 Å². The van der Waals surface area contributed by atoms with E-state index in [1.54, 1.807) is 30.5 Å². The predicted octanol–water partition coefficient (Wildman–Crippen LogP) is 4.26. The molecule has 0 saturated carbocycles. The average molecular weight is 668 g/mol. The van der Waals surface area contributed by atoms with Crippen molar-refractivity contribution in [2.75, 3.05) is 25.6 Å². The van der Waals surface area contributed by atoms with Gasteiger partial charge in [-0.15, -0.1) is 0 Å². The van der Waals surface area contributed by atoms with Gasteiger partial charge in [-0.3, -0.25) is 19.8 Å². The number of rotatable bonds is 13. The molecule has 3 unspecified atom stereocenters. The van der Waals surface area contributed by atoms with Crippen LogP contribution in [0.5, 0.6) is 17.5 Å². The summed E-state index contributed by atoms with van der Waals surface area (Å²) >= 11 is 0. The van der Waals surface area contributed by atoms with E-state index in [2.05, 4.69) is 58.7 Å². The third-order valence-corrected chi connectivity index (χ3v) is 9.04. The van der Waals surface area contributed by atoms with Crippen LogP contribution >= 0.6 is 0 Å². The molecule has 256 valence electrons. The predicted molar refractivity (Wildman–Crippen MR) is 182 cm³/mol. The molecular formula is C37H41N5O7. The molecule has 1 aromatic heterocycles. The number of benzene rings is 3. The fraction of sp³-hybridized carbons (Fsp3) is 0.351. The van der Waals surface area contributed by atoms with Crippen molar-refractivity contribution in [3.63, 3.8) is 0 Å². The molecule has 1 saturated heterocycles. The van der Waals surface area contributed by atoms with Crippen LogP contribution in [0.15, 0.2) is 79.0 Å². The maximum absolute atomic E-state index is 13.1. The minimum absolute atomic E-state index is 0.241. The second kappa shape index (κ2) is 14.6. The molecule has 3 atom stereocenters. The Hall–Kier alpha value is -5.04. The first kappa shape index (κ1) is 33.8. The molecule has 2 aliphatic rings. The SMILES string of the molecule is COc1nccc(COc2ccc(C(C)(C)c3ccc(OCCCNc4ccc5c(c4)C(=O)N(C4CCC(O)NC4O)C5=O)cc3)cc2)n1. The van der Waals surface area contributed by atoms with E-state index >= 15 is 0 Å². The van der Waals surface area contributed by atoms with Crippen LogP contribution in [0.25, 0.3) is 0 Å². The Kier molecular flexibility index (Phi) is 10.1. The van der Waals surface area contributed by atoms with Crippen molar-refractivity contribution in [2.45, 2.75) is 63.6 Å². The Morgan fingerprint density at radius 2 is 1.57 bits per heavy atom. The van der Waals surface area contributed by atoms with Gasteiger partial charge in [0.05, 0.1) is 36.6 Å². The average Bonchev–Trinajstić information content (AvgIpc) is 3.35. The van der Waals surface area contributed by atoms with Gasteiger partial charge in [0.2, 0.25) is 0 Å². The molecule has 3 aromatic carbocycles. The number of ether oxygens (including phenoxy) is 3. The number of amides is 2. The van der Waals surface area contributed by atoms with Gasteiger partial charge in [0.25, 0.3) is 11.8 Å². The second-order valence-corrected chi connectivity index (χ2v) is 12.6. The number of hydrogen-bond acceptors (Lipinski definition) is 11. The molecule has 6 rings (SSSR count). The number of nitrogens with one attached hydrogen (secondary N) is 2. The van der Waals surface area contributed by atoms with Gasteiger partial charge in [-0.25, -0.2) is 4.98 Å². The van der Waals surface area contributed by atoms with E-state index in [1.165, 1.54) is 7.11 Å². The van der Waals surface area contributed by atoms with Crippen LogP contribution in [0.1, 0.15) is 70.6 Å². The van der Waals surface area contributed by atoms with Gasteiger partial charge < -0.3 is 29.7 Å². The largest absolute Gasteiger partial charge is 0.494 e. The van der Waals surface area contributed by atoms with E-state index in [4.69, 9.17) is 14.2 Å². The number of nitrogens with zero attached hydrogens (tertiary/aromatic N) is 3. The highest BCUT2D eigenvalue weighted by Crippen LogP contribution is 2.34. The first-order valence-corrected chi connectivity index (χ1v) is 16.3. The van der Waals surface area contributed by atoms with Crippen LogP contribution in [-0.2, 0) is 12.0 Å². The number of anilines is 1. The van der Waals surface area contributed by atoms with E-state index in [1.807, 2.05) is 24.3 Å². The van der Waals surface area contributed by atoms with Crippen molar-refractivity contribution in [2.24, 2.45) is 0 Å². The zero-order valence-electron chi connectivity index (χ0n) is 27.8. The minimum Gasteiger partial charge on any atom is -0.494 e. The number of carbonyl (C=O) groups excluding carboxylic acids is 2. The maximum Gasteiger partial charge on any atom is 0.316 e.